The smallest absolute Gasteiger partial charge is 0.253 e. The first kappa shape index (κ1) is 19.1. The molecule has 0 N–H and O–H groups in total. The van der Waals surface area contributed by atoms with E-state index in [0.29, 0.717) is 49.7 Å². The predicted molar refractivity (Wildman–Crippen MR) is 111 cm³/mol. The molecule has 0 bridgehead atoms. The molecule has 4 rings (SSSR count). The van der Waals surface area contributed by atoms with Gasteiger partial charge in [0.25, 0.3) is 11.8 Å². The highest BCUT2D eigenvalue weighted by Gasteiger charge is 2.25. The van der Waals surface area contributed by atoms with Crippen LogP contribution < -0.4 is 4.74 Å². The normalized spacial score (nSPS) is 13.9. The quantitative estimate of drug-likeness (QED) is 0.651. The summed E-state index contributed by atoms with van der Waals surface area (Å²) in [5, 5.41) is 1.94. The van der Waals surface area contributed by atoms with Gasteiger partial charge < -0.3 is 14.5 Å². The van der Waals surface area contributed by atoms with Crippen molar-refractivity contribution in [2.45, 2.75) is 6.61 Å². The van der Waals surface area contributed by atoms with Crippen LogP contribution in [0.25, 0.3) is 0 Å². The standard InChI is InChI=1S/C22H21N3O3S/c26-21(17-4-2-1-3-5-17)24-10-12-25(13-11-24)22(27)18-6-8-20(9-7-18)28-14-19-15-29-16-23-19/h1-9,15-16H,10-14H2. The molecule has 2 amide bonds. The number of nitrogens with zero attached hydrogens (tertiary/aromatic N) is 3. The van der Waals surface area contributed by atoms with E-state index in [0.717, 1.165) is 5.69 Å². The Bertz CT molecular complexity index is 951. The van der Waals surface area contributed by atoms with Crippen LogP contribution in [0.3, 0.4) is 0 Å². The van der Waals surface area contributed by atoms with Gasteiger partial charge in [-0.1, -0.05) is 18.2 Å². The first-order valence-electron chi connectivity index (χ1n) is 9.44. The zero-order valence-corrected chi connectivity index (χ0v) is 16.7. The van der Waals surface area contributed by atoms with Crippen LogP contribution in [0.5, 0.6) is 5.75 Å². The molecule has 1 aromatic heterocycles. The summed E-state index contributed by atoms with van der Waals surface area (Å²) in [5.74, 6) is 0.690. The van der Waals surface area contributed by atoms with Gasteiger partial charge in [-0.25, -0.2) is 4.98 Å². The van der Waals surface area contributed by atoms with Crippen molar-refractivity contribution in [2.75, 3.05) is 26.2 Å². The number of ether oxygens (including phenoxy) is 1. The maximum absolute atomic E-state index is 12.8. The van der Waals surface area contributed by atoms with Crippen LogP contribution in [0.1, 0.15) is 26.4 Å². The number of aromatic nitrogens is 1. The molecule has 2 aromatic carbocycles. The van der Waals surface area contributed by atoms with E-state index in [1.807, 2.05) is 35.7 Å². The Balaban J connectivity index is 1.30. The van der Waals surface area contributed by atoms with Crippen molar-refractivity contribution in [1.29, 1.82) is 0 Å². The maximum atomic E-state index is 12.8. The van der Waals surface area contributed by atoms with Crippen LogP contribution in [0.2, 0.25) is 0 Å². The average Bonchev–Trinajstić information content (AvgIpc) is 3.31. The first-order chi connectivity index (χ1) is 14.2. The molecular weight excluding hydrogens is 386 g/mol. The molecule has 1 aliphatic heterocycles. The van der Waals surface area contributed by atoms with Crippen LogP contribution >= 0.6 is 11.3 Å². The Morgan fingerprint density at radius 3 is 2.00 bits per heavy atom. The van der Waals surface area contributed by atoms with Crippen LogP contribution in [0.15, 0.2) is 65.5 Å². The molecule has 1 fully saturated rings. The zero-order chi connectivity index (χ0) is 20.1. The number of hydrogen-bond donors (Lipinski definition) is 0. The van der Waals surface area contributed by atoms with E-state index in [9.17, 15) is 9.59 Å². The van der Waals surface area contributed by atoms with E-state index < -0.39 is 0 Å². The second-order valence-electron chi connectivity index (χ2n) is 6.74. The Kier molecular flexibility index (Phi) is 5.86. The summed E-state index contributed by atoms with van der Waals surface area (Å²) >= 11 is 1.53. The summed E-state index contributed by atoms with van der Waals surface area (Å²) in [4.78, 5) is 33.1. The number of hydrogen-bond acceptors (Lipinski definition) is 5. The molecule has 7 heteroatoms. The summed E-state index contributed by atoms with van der Waals surface area (Å²) in [7, 11) is 0. The van der Waals surface area contributed by atoms with Gasteiger partial charge >= 0.3 is 0 Å². The minimum absolute atomic E-state index is 0.0133. The van der Waals surface area contributed by atoms with Crippen molar-refractivity contribution < 1.29 is 14.3 Å². The molecule has 2 heterocycles. The SMILES string of the molecule is O=C(c1ccccc1)N1CCN(C(=O)c2ccc(OCc3cscn3)cc2)CC1. The number of amides is 2. The molecule has 0 radical (unpaired) electrons. The van der Waals surface area contributed by atoms with Gasteiger partial charge in [0.15, 0.2) is 0 Å². The molecule has 0 saturated carbocycles. The van der Waals surface area contributed by atoms with Crippen LogP contribution in [-0.2, 0) is 6.61 Å². The molecule has 1 aliphatic rings. The topological polar surface area (TPSA) is 62.7 Å². The molecule has 148 valence electrons. The summed E-state index contributed by atoms with van der Waals surface area (Å²) in [6.45, 7) is 2.54. The van der Waals surface area contributed by atoms with Crippen molar-refractivity contribution in [3.05, 3.63) is 82.3 Å². The number of piperazine rings is 1. The van der Waals surface area contributed by atoms with E-state index in [-0.39, 0.29) is 11.8 Å². The minimum atomic E-state index is -0.0251. The Hall–Kier alpha value is -3.19. The van der Waals surface area contributed by atoms with E-state index in [1.54, 1.807) is 39.6 Å². The zero-order valence-electron chi connectivity index (χ0n) is 15.9. The highest BCUT2D eigenvalue weighted by atomic mass is 32.1. The van der Waals surface area contributed by atoms with Crippen molar-refractivity contribution in [2.24, 2.45) is 0 Å². The predicted octanol–water partition coefficient (Wildman–Crippen LogP) is 3.32. The minimum Gasteiger partial charge on any atom is -0.487 e. The third-order valence-electron chi connectivity index (χ3n) is 4.85. The lowest BCUT2D eigenvalue weighted by Gasteiger charge is -2.34. The third kappa shape index (κ3) is 4.63. The fraction of sp³-hybridized carbons (Fsp3) is 0.227. The fourth-order valence-corrected chi connectivity index (χ4v) is 3.76. The van der Waals surface area contributed by atoms with Gasteiger partial charge in [0.1, 0.15) is 12.4 Å². The van der Waals surface area contributed by atoms with Crippen LogP contribution in [-0.4, -0.2) is 52.8 Å². The monoisotopic (exact) mass is 407 g/mol. The summed E-state index contributed by atoms with van der Waals surface area (Å²) in [5.41, 5.74) is 3.96. The van der Waals surface area contributed by atoms with Crippen LogP contribution in [0, 0.1) is 0 Å². The number of carbonyl (C=O) groups excluding carboxylic acids is 2. The number of benzene rings is 2. The van der Waals surface area contributed by atoms with Gasteiger partial charge in [0.05, 0.1) is 11.2 Å². The molecule has 0 spiro atoms. The lowest BCUT2D eigenvalue weighted by atomic mass is 10.1. The fourth-order valence-electron chi connectivity index (χ4n) is 3.22. The van der Waals surface area contributed by atoms with Gasteiger partial charge in [-0.2, -0.15) is 0 Å². The Labute approximate surface area is 173 Å². The summed E-state index contributed by atoms with van der Waals surface area (Å²) < 4.78 is 5.69. The van der Waals surface area contributed by atoms with Crippen molar-refractivity contribution in [1.82, 2.24) is 14.8 Å². The highest BCUT2D eigenvalue weighted by molar-refractivity contribution is 7.07. The molecule has 0 aliphatic carbocycles. The van der Waals surface area contributed by atoms with Gasteiger partial charge in [0.2, 0.25) is 0 Å². The molecule has 0 atom stereocenters. The first-order valence-corrected chi connectivity index (χ1v) is 10.4. The second kappa shape index (κ2) is 8.87. The second-order valence-corrected chi connectivity index (χ2v) is 7.46. The molecule has 1 saturated heterocycles. The Morgan fingerprint density at radius 1 is 0.862 bits per heavy atom. The third-order valence-corrected chi connectivity index (χ3v) is 5.48. The van der Waals surface area contributed by atoms with E-state index in [4.69, 9.17) is 4.74 Å². The average molecular weight is 407 g/mol. The van der Waals surface area contributed by atoms with E-state index in [2.05, 4.69) is 4.98 Å². The maximum Gasteiger partial charge on any atom is 0.253 e. The Morgan fingerprint density at radius 2 is 1.45 bits per heavy atom. The van der Waals surface area contributed by atoms with Gasteiger partial charge in [0, 0.05) is 42.7 Å². The van der Waals surface area contributed by atoms with Crippen molar-refractivity contribution in [3.8, 4) is 5.75 Å². The van der Waals surface area contributed by atoms with Gasteiger partial charge in [-0.15, -0.1) is 11.3 Å². The highest BCUT2D eigenvalue weighted by Crippen LogP contribution is 2.17. The molecule has 6 nitrogen and oxygen atoms in total. The molecular formula is C22H21N3O3S. The number of carbonyl (C=O) groups is 2. The summed E-state index contributed by atoms with van der Waals surface area (Å²) in [6, 6.07) is 16.4. The molecule has 29 heavy (non-hydrogen) atoms. The van der Waals surface area contributed by atoms with Crippen molar-refractivity contribution >= 4 is 23.2 Å². The van der Waals surface area contributed by atoms with Crippen LogP contribution in [0.4, 0.5) is 0 Å². The van der Waals surface area contributed by atoms with Gasteiger partial charge in [-0.3, -0.25) is 9.59 Å². The largest absolute Gasteiger partial charge is 0.487 e. The molecule has 3 aromatic rings. The number of thiazole rings is 1. The van der Waals surface area contributed by atoms with Crippen molar-refractivity contribution in [3.63, 3.8) is 0 Å². The van der Waals surface area contributed by atoms with E-state index >= 15 is 0 Å². The van der Waals surface area contributed by atoms with E-state index in [1.165, 1.54) is 11.3 Å². The lowest BCUT2D eigenvalue weighted by Crippen LogP contribution is -2.50. The number of rotatable bonds is 5. The summed E-state index contributed by atoms with van der Waals surface area (Å²) in [6.07, 6.45) is 0. The molecule has 0 unspecified atom stereocenters. The van der Waals surface area contributed by atoms with Gasteiger partial charge in [-0.05, 0) is 36.4 Å². The lowest BCUT2D eigenvalue weighted by molar-refractivity contribution is 0.0535.